The molecule has 59 heavy (non-hydrogen) atoms. The summed E-state index contributed by atoms with van der Waals surface area (Å²) in [6.45, 7) is 36.4. The highest BCUT2D eigenvalue weighted by molar-refractivity contribution is 6.74. The van der Waals surface area contributed by atoms with Crippen LogP contribution >= 0.6 is 0 Å². The van der Waals surface area contributed by atoms with E-state index in [0.717, 1.165) is 25.0 Å². The number of piperidine rings is 2. The van der Waals surface area contributed by atoms with Crippen molar-refractivity contribution in [2.75, 3.05) is 46.5 Å². The highest BCUT2D eigenvalue weighted by atomic mass is 28.4. The Morgan fingerprint density at radius 2 is 1.12 bits per heavy atom. The first-order valence-electron chi connectivity index (χ1n) is 21.3. The number of aromatic amines is 1. The molecule has 2 amide bonds. The van der Waals surface area contributed by atoms with Gasteiger partial charge in [0.15, 0.2) is 16.6 Å². The lowest BCUT2D eigenvalue weighted by Crippen LogP contribution is -2.49. The lowest BCUT2D eigenvalue weighted by Gasteiger charge is -2.42. The van der Waals surface area contributed by atoms with E-state index in [1.807, 2.05) is 41.5 Å². The number of aromatic hydroxyl groups is 1. The number of Topliss-reactive ketones (excluding diaryl/α,β-unsaturated/α-hetero) is 1. The number of methoxy groups -OCH3 is 1. The van der Waals surface area contributed by atoms with Crippen molar-refractivity contribution in [3.8, 4) is 5.88 Å². The van der Waals surface area contributed by atoms with Crippen LogP contribution in [0.3, 0.4) is 0 Å². The highest BCUT2D eigenvalue weighted by Gasteiger charge is 2.45. The smallest absolute Gasteiger partial charge is 0.410 e. The molecule has 0 spiro atoms. The number of nitrogens with one attached hydrogen (secondary N) is 1. The molecule has 2 N–H and O–H groups in total. The molecule has 14 nitrogen and oxygen atoms in total. The number of hydrogen-bond acceptors (Lipinski definition) is 11. The van der Waals surface area contributed by atoms with Gasteiger partial charge in [-0.05, 0) is 116 Å². The van der Waals surface area contributed by atoms with Crippen LogP contribution in [0.5, 0.6) is 5.88 Å². The molecule has 3 heterocycles. The second-order valence-corrected chi connectivity index (χ2v) is 31.1. The van der Waals surface area contributed by atoms with E-state index in [4.69, 9.17) is 23.1 Å². The number of carbonyl (C=O) groups is 4. The van der Waals surface area contributed by atoms with Crippen molar-refractivity contribution in [1.82, 2.24) is 20.0 Å². The zero-order chi connectivity index (χ0) is 45.5. The minimum Gasteiger partial charge on any atom is -0.492 e. The van der Waals surface area contributed by atoms with Crippen LogP contribution < -0.4 is 0 Å². The van der Waals surface area contributed by atoms with Gasteiger partial charge in [0.25, 0.3) is 0 Å². The molecule has 16 heteroatoms. The average molecular weight is 869 g/mol. The van der Waals surface area contributed by atoms with Crippen LogP contribution in [0.15, 0.2) is 6.07 Å². The quantitative estimate of drug-likeness (QED) is 0.0888. The molecule has 3 rings (SSSR count). The van der Waals surface area contributed by atoms with Gasteiger partial charge in [-0.25, -0.2) is 9.59 Å². The standard InChI is InChI=1S/C22H41NO6Si.C21H39N3O4Si/c1-20(2,3)29-19(26)23-13-10-22(11-14-23,17(24)16-18(25)27-7)12-15-28-30(8,9)21(4,5)6;1-19(2,3)28-18(26)24-12-9-21(10-13-24,16-15-17(25)23-22-16)11-14-27-29(7,8)20(4,5)6/h10-16H2,1-9H3;15H,9-14H2,1-8H3,(H2,22,23,25). The Morgan fingerprint density at radius 3 is 1.47 bits per heavy atom. The molecule has 0 bridgehead atoms. The zero-order valence-corrected chi connectivity index (χ0v) is 41.7. The van der Waals surface area contributed by atoms with E-state index in [-0.39, 0.29) is 45.8 Å². The largest absolute Gasteiger partial charge is 0.492 e. The van der Waals surface area contributed by atoms with Gasteiger partial charge in [-0.3, -0.25) is 14.7 Å². The molecule has 0 radical (unpaired) electrons. The number of rotatable bonds is 12. The first-order chi connectivity index (χ1) is 26.7. The molecule has 2 aliphatic rings. The predicted octanol–water partition coefficient (Wildman–Crippen LogP) is 9.34. The summed E-state index contributed by atoms with van der Waals surface area (Å²) in [5.41, 5.74) is -1.04. The Labute approximate surface area is 357 Å². The minimum absolute atomic E-state index is 0.000684. The average Bonchev–Trinajstić information content (AvgIpc) is 3.53. The topological polar surface area (TPSA) is 170 Å². The molecule has 1 aromatic rings. The maximum absolute atomic E-state index is 13.1. The van der Waals surface area contributed by atoms with Crippen molar-refractivity contribution in [2.45, 2.75) is 181 Å². The summed E-state index contributed by atoms with van der Waals surface area (Å²) in [4.78, 5) is 53.1. The summed E-state index contributed by atoms with van der Waals surface area (Å²) in [5, 5.41) is 16.9. The van der Waals surface area contributed by atoms with Crippen molar-refractivity contribution < 1.29 is 47.3 Å². The number of carbonyl (C=O) groups excluding carboxylic acids is 4. The third kappa shape index (κ3) is 15.5. The van der Waals surface area contributed by atoms with Crippen molar-refractivity contribution in [3.63, 3.8) is 0 Å². The number of ether oxygens (including phenoxy) is 3. The van der Waals surface area contributed by atoms with Gasteiger partial charge in [-0.1, -0.05) is 41.5 Å². The van der Waals surface area contributed by atoms with Gasteiger partial charge in [0.05, 0.1) is 7.11 Å². The minimum atomic E-state index is -1.94. The SMILES string of the molecule is CC(C)(C)OC(=O)N1CCC(CCO[Si](C)(C)C(C)(C)C)(c2cc(O)n[nH]2)CC1.COC(=O)CC(=O)C1(CCO[Si](C)(C)C(C)(C)C)CCN(C(=O)OC(C)(C)C)CC1. The third-order valence-corrected chi connectivity index (χ3v) is 21.8. The second-order valence-electron chi connectivity index (χ2n) is 21.5. The van der Waals surface area contributed by atoms with E-state index in [9.17, 15) is 24.3 Å². The van der Waals surface area contributed by atoms with Crippen LogP contribution in [0.1, 0.15) is 134 Å². The molecule has 2 aliphatic heterocycles. The fourth-order valence-corrected chi connectivity index (χ4v) is 8.71. The maximum Gasteiger partial charge on any atom is 0.410 e. The van der Waals surface area contributed by atoms with Gasteiger partial charge in [0, 0.05) is 62.0 Å². The van der Waals surface area contributed by atoms with Crippen LogP contribution in [0.4, 0.5) is 9.59 Å². The monoisotopic (exact) mass is 869 g/mol. The second kappa shape index (κ2) is 19.8. The lowest BCUT2D eigenvalue weighted by molar-refractivity contribution is -0.147. The van der Waals surface area contributed by atoms with Crippen LogP contribution in [-0.4, -0.2) is 123 Å². The van der Waals surface area contributed by atoms with Gasteiger partial charge in [0.2, 0.25) is 5.88 Å². The normalized spacial score (nSPS) is 17.7. The number of aromatic nitrogens is 2. The molecule has 0 aromatic carbocycles. The molecular formula is C43H80N4O10Si2. The van der Waals surface area contributed by atoms with Crippen LogP contribution in [-0.2, 0) is 38.1 Å². The van der Waals surface area contributed by atoms with E-state index in [0.29, 0.717) is 58.7 Å². The van der Waals surface area contributed by atoms with Crippen molar-refractivity contribution in [3.05, 3.63) is 11.8 Å². The fraction of sp³-hybridized carbons (Fsp3) is 0.837. The Hall–Kier alpha value is -2.96. The van der Waals surface area contributed by atoms with Gasteiger partial charge in [-0.2, -0.15) is 0 Å². The van der Waals surface area contributed by atoms with Crippen LogP contribution in [0.2, 0.25) is 36.3 Å². The number of ketones is 1. The highest BCUT2D eigenvalue weighted by Crippen LogP contribution is 2.43. The summed E-state index contributed by atoms with van der Waals surface area (Å²) in [6, 6.07) is 1.70. The van der Waals surface area contributed by atoms with Crippen LogP contribution in [0.25, 0.3) is 0 Å². The summed E-state index contributed by atoms with van der Waals surface area (Å²) < 4.78 is 28.4. The Balaban J connectivity index is 0.000000407. The zero-order valence-electron chi connectivity index (χ0n) is 39.7. The van der Waals surface area contributed by atoms with E-state index >= 15 is 0 Å². The van der Waals surface area contributed by atoms with Crippen molar-refractivity contribution in [1.29, 1.82) is 0 Å². The Bertz CT molecular complexity index is 1550. The molecule has 1 aromatic heterocycles. The predicted molar refractivity (Wildman–Crippen MR) is 236 cm³/mol. The van der Waals surface area contributed by atoms with Gasteiger partial charge in [-0.15, -0.1) is 5.10 Å². The Kier molecular flexibility index (Phi) is 17.5. The van der Waals surface area contributed by atoms with E-state index in [1.165, 1.54) is 7.11 Å². The number of nitrogens with zero attached hydrogens (tertiary/aromatic N) is 3. The van der Waals surface area contributed by atoms with Gasteiger partial charge >= 0.3 is 18.2 Å². The maximum atomic E-state index is 13.1. The van der Waals surface area contributed by atoms with E-state index < -0.39 is 39.2 Å². The summed E-state index contributed by atoms with van der Waals surface area (Å²) in [6.07, 6.45) is 3.00. The molecule has 0 saturated carbocycles. The molecule has 0 unspecified atom stereocenters. The van der Waals surface area contributed by atoms with E-state index in [1.54, 1.807) is 15.9 Å². The molecule has 0 aliphatic carbocycles. The molecule has 0 atom stereocenters. The van der Waals surface area contributed by atoms with Crippen molar-refractivity contribution in [2.24, 2.45) is 5.41 Å². The number of esters is 1. The van der Waals surface area contributed by atoms with Gasteiger partial charge in [0.1, 0.15) is 23.4 Å². The number of hydrogen-bond donors (Lipinski definition) is 2. The number of amides is 2. The summed E-state index contributed by atoms with van der Waals surface area (Å²) >= 11 is 0. The molecule has 2 saturated heterocycles. The molecular weight excluding hydrogens is 789 g/mol. The summed E-state index contributed by atoms with van der Waals surface area (Å²) in [7, 11) is -2.49. The van der Waals surface area contributed by atoms with Crippen LogP contribution in [0, 0.1) is 5.41 Å². The first kappa shape index (κ1) is 52.2. The number of likely N-dealkylation sites (tertiary alicyclic amines) is 2. The van der Waals surface area contributed by atoms with E-state index in [2.05, 4.69) is 77.9 Å². The van der Waals surface area contributed by atoms with Crippen molar-refractivity contribution >= 4 is 40.6 Å². The first-order valence-corrected chi connectivity index (χ1v) is 27.1. The Morgan fingerprint density at radius 1 is 0.712 bits per heavy atom. The van der Waals surface area contributed by atoms with Gasteiger partial charge < -0.3 is 38.0 Å². The molecule has 340 valence electrons. The third-order valence-electron chi connectivity index (χ3n) is 12.7. The number of H-pyrrole nitrogens is 1. The fourth-order valence-electron chi connectivity index (χ4n) is 6.62. The summed E-state index contributed by atoms with van der Waals surface area (Å²) in [5.74, 6) is -0.657. The lowest BCUT2D eigenvalue weighted by atomic mass is 9.71. The molecule has 2 fully saturated rings.